The summed E-state index contributed by atoms with van der Waals surface area (Å²) in [6.07, 6.45) is 2.92. The molecular weight excluding hydrogens is 266 g/mol. The molecule has 1 aliphatic heterocycles. The maximum atomic E-state index is 12.6. The molecular formula is C16H17N3O2. The molecule has 0 saturated carbocycles. The lowest BCUT2D eigenvalue weighted by Crippen LogP contribution is -2.42. The van der Waals surface area contributed by atoms with E-state index in [2.05, 4.69) is 4.98 Å². The first kappa shape index (κ1) is 13.5. The van der Waals surface area contributed by atoms with Gasteiger partial charge in [-0.2, -0.15) is 0 Å². The molecule has 1 fully saturated rings. The van der Waals surface area contributed by atoms with Crippen molar-refractivity contribution in [3.05, 3.63) is 42.2 Å². The highest BCUT2D eigenvalue weighted by Gasteiger charge is 2.27. The normalized spacial score (nSPS) is 16.1. The summed E-state index contributed by atoms with van der Waals surface area (Å²) in [6.45, 7) is 1.11. The van der Waals surface area contributed by atoms with Crippen LogP contribution in [0.5, 0.6) is 0 Å². The summed E-state index contributed by atoms with van der Waals surface area (Å²) >= 11 is 0. The summed E-state index contributed by atoms with van der Waals surface area (Å²) in [5.74, 6) is -0.463. The Bertz CT molecular complexity index is 685. The third kappa shape index (κ3) is 2.59. The first-order valence-electron chi connectivity index (χ1n) is 7.09. The van der Waals surface area contributed by atoms with Crippen LogP contribution >= 0.6 is 0 Å². The maximum Gasteiger partial charge on any atom is 0.273 e. The van der Waals surface area contributed by atoms with Crippen LogP contribution in [0.4, 0.5) is 0 Å². The van der Waals surface area contributed by atoms with Crippen LogP contribution in [0.1, 0.15) is 23.3 Å². The molecule has 5 heteroatoms. The Labute approximate surface area is 122 Å². The fraction of sp³-hybridized carbons (Fsp3) is 0.312. The molecule has 0 atom stereocenters. The lowest BCUT2D eigenvalue weighted by atomic mass is 9.96. The minimum absolute atomic E-state index is 0.0743. The lowest BCUT2D eigenvalue weighted by molar-refractivity contribution is -0.123. The number of likely N-dealkylation sites (tertiary alicyclic amines) is 1. The molecule has 2 heterocycles. The molecule has 2 N–H and O–H groups in total. The molecule has 0 spiro atoms. The highest BCUT2D eigenvalue weighted by atomic mass is 16.2. The van der Waals surface area contributed by atoms with Crippen molar-refractivity contribution >= 4 is 22.6 Å². The van der Waals surface area contributed by atoms with Gasteiger partial charge in [0.2, 0.25) is 5.91 Å². The van der Waals surface area contributed by atoms with E-state index in [1.54, 1.807) is 11.1 Å². The van der Waals surface area contributed by atoms with Gasteiger partial charge in [-0.15, -0.1) is 0 Å². The zero-order valence-corrected chi connectivity index (χ0v) is 11.7. The third-order valence-corrected chi connectivity index (χ3v) is 4.06. The molecule has 2 amide bonds. The van der Waals surface area contributed by atoms with Crippen molar-refractivity contribution in [3.8, 4) is 0 Å². The zero-order chi connectivity index (χ0) is 14.8. The topological polar surface area (TPSA) is 76.3 Å². The average molecular weight is 283 g/mol. The number of aromatic nitrogens is 1. The number of hydrogen-bond acceptors (Lipinski definition) is 3. The second-order valence-corrected chi connectivity index (χ2v) is 5.35. The van der Waals surface area contributed by atoms with E-state index in [-0.39, 0.29) is 17.7 Å². The molecule has 0 radical (unpaired) electrons. The van der Waals surface area contributed by atoms with Gasteiger partial charge in [-0.25, -0.2) is 0 Å². The minimum atomic E-state index is -0.273. The number of rotatable bonds is 2. The molecule has 5 nitrogen and oxygen atoms in total. The standard InChI is InChI=1S/C16H17N3O2/c17-15(20)12-6-9-19(10-7-12)16(21)14-13-4-2-1-3-11(13)5-8-18-14/h1-5,8,12H,6-7,9-10H2,(H2,17,20). The van der Waals surface area contributed by atoms with E-state index < -0.39 is 0 Å². The van der Waals surface area contributed by atoms with Crippen LogP contribution in [0.25, 0.3) is 10.8 Å². The molecule has 0 unspecified atom stereocenters. The monoisotopic (exact) mass is 283 g/mol. The fourth-order valence-electron chi connectivity index (χ4n) is 2.81. The number of amides is 2. The number of benzene rings is 1. The van der Waals surface area contributed by atoms with E-state index in [9.17, 15) is 9.59 Å². The SMILES string of the molecule is NC(=O)C1CCN(C(=O)c2nccc3ccccc23)CC1. The number of pyridine rings is 1. The summed E-state index contributed by atoms with van der Waals surface area (Å²) in [5, 5.41) is 1.87. The van der Waals surface area contributed by atoms with Crippen molar-refractivity contribution in [2.45, 2.75) is 12.8 Å². The Balaban J connectivity index is 1.84. The number of piperidine rings is 1. The van der Waals surface area contributed by atoms with Gasteiger partial charge in [0, 0.05) is 30.6 Å². The largest absolute Gasteiger partial charge is 0.369 e. The van der Waals surface area contributed by atoms with Gasteiger partial charge < -0.3 is 10.6 Å². The summed E-state index contributed by atoms with van der Waals surface area (Å²) in [4.78, 5) is 29.8. The van der Waals surface area contributed by atoms with Crippen LogP contribution in [0, 0.1) is 5.92 Å². The van der Waals surface area contributed by atoms with Crippen LogP contribution in [0.3, 0.4) is 0 Å². The first-order chi connectivity index (χ1) is 10.2. The quantitative estimate of drug-likeness (QED) is 0.909. The van der Waals surface area contributed by atoms with Gasteiger partial charge in [0.25, 0.3) is 5.91 Å². The molecule has 1 aromatic heterocycles. The molecule has 108 valence electrons. The first-order valence-corrected chi connectivity index (χ1v) is 7.09. The Hall–Kier alpha value is -2.43. The van der Waals surface area contributed by atoms with Crippen molar-refractivity contribution in [1.82, 2.24) is 9.88 Å². The second kappa shape index (κ2) is 5.52. The van der Waals surface area contributed by atoms with E-state index in [1.807, 2.05) is 30.3 Å². The molecule has 0 aliphatic carbocycles. The number of nitrogens with zero attached hydrogens (tertiary/aromatic N) is 2. The third-order valence-electron chi connectivity index (χ3n) is 4.06. The van der Waals surface area contributed by atoms with E-state index in [4.69, 9.17) is 5.73 Å². The molecule has 3 rings (SSSR count). The van der Waals surface area contributed by atoms with Crippen LogP contribution in [0.15, 0.2) is 36.5 Å². The van der Waals surface area contributed by atoms with Crippen molar-refractivity contribution in [2.24, 2.45) is 11.7 Å². The second-order valence-electron chi connectivity index (χ2n) is 5.35. The van der Waals surface area contributed by atoms with Gasteiger partial charge in [-0.1, -0.05) is 24.3 Å². The van der Waals surface area contributed by atoms with Crippen LogP contribution in [-0.4, -0.2) is 34.8 Å². The molecule has 2 aromatic rings. The average Bonchev–Trinajstić information content (AvgIpc) is 2.53. The Morgan fingerprint density at radius 2 is 1.86 bits per heavy atom. The number of primary amides is 1. The van der Waals surface area contributed by atoms with Crippen molar-refractivity contribution in [3.63, 3.8) is 0 Å². The van der Waals surface area contributed by atoms with Crippen LogP contribution in [0.2, 0.25) is 0 Å². The molecule has 0 bridgehead atoms. The number of hydrogen-bond donors (Lipinski definition) is 1. The highest BCUT2D eigenvalue weighted by Crippen LogP contribution is 2.22. The zero-order valence-electron chi connectivity index (χ0n) is 11.7. The van der Waals surface area contributed by atoms with Crippen LogP contribution < -0.4 is 5.73 Å². The Morgan fingerprint density at radius 1 is 1.14 bits per heavy atom. The van der Waals surface area contributed by atoms with Crippen molar-refractivity contribution in [2.75, 3.05) is 13.1 Å². The maximum absolute atomic E-state index is 12.6. The number of fused-ring (bicyclic) bond motifs is 1. The minimum Gasteiger partial charge on any atom is -0.369 e. The summed E-state index contributed by atoms with van der Waals surface area (Å²) in [6, 6.07) is 9.61. The lowest BCUT2D eigenvalue weighted by Gasteiger charge is -2.30. The molecule has 1 aliphatic rings. The predicted molar refractivity (Wildman–Crippen MR) is 79.6 cm³/mol. The predicted octanol–water partition coefficient (Wildman–Crippen LogP) is 1.57. The van der Waals surface area contributed by atoms with Crippen molar-refractivity contribution < 1.29 is 9.59 Å². The van der Waals surface area contributed by atoms with Gasteiger partial charge >= 0.3 is 0 Å². The summed E-state index contributed by atoms with van der Waals surface area (Å²) < 4.78 is 0. The van der Waals surface area contributed by atoms with E-state index >= 15 is 0 Å². The van der Waals surface area contributed by atoms with Gasteiger partial charge in [-0.3, -0.25) is 14.6 Å². The van der Waals surface area contributed by atoms with Crippen molar-refractivity contribution in [1.29, 1.82) is 0 Å². The Kier molecular flexibility index (Phi) is 3.56. The molecule has 1 saturated heterocycles. The van der Waals surface area contributed by atoms with Gasteiger partial charge in [0.05, 0.1) is 0 Å². The van der Waals surface area contributed by atoms with Gasteiger partial charge in [0.1, 0.15) is 5.69 Å². The fourth-order valence-corrected chi connectivity index (χ4v) is 2.81. The van der Waals surface area contributed by atoms with E-state index in [0.29, 0.717) is 31.6 Å². The van der Waals surface area contributed by atoms with Gasteiger partial charge in [-0.05, 0) is 24.3 Å². The summed E-state index contributed by atoms with van der Waals surface area (Å²) in [7, 11) is 0. The highest BCUT2D eigenvalue weighted by molar-refractivity contribution is 6.05. The van der Waals surface area contributed by atoms with E-state index in [0.717, 1.165) is 10.8 Å². The van der Waals surface area contributed by atoms with Gasteiger partial charge in [0.15, 0.2) is 0 Å². The molecule has 1 aromatic carbocycles. The van der Waals surface area contributed by atoms with Crippen LogP contribution in [-0.2, 0) is 4.79 Å². The smallest absolute Gasteiger partial charge is 0.273 e. The number of carbonyl (C=O) groups excluding carboxylic acids is 2. The number of carbonyl (C=O) groups is 2. The molecule has 21 heavy (non-hydrogen) atoms. The number of nitrogens with two attached hydrogens (primary N) is 1. The Morgan fingerprint density at radius 3 is 2.57 bits per heavy atom. The van der Waals surface area contributed by atoms with E-state index in [1.165, 1.54) is 0 Å². The summed E-state index contributed by atoms with van der Waals surface area (Å²) in [5.41, 5.74) is 5.80.